The van der Waals surface area contributed by atoms with Crippen LogP contribution >= 0.6 is 43.2 Å². The van der Waals surface area contributed by atoms with Crippen molar-refractivity contribution in [1.82, 2.24) is 0 Å². The van der Waals surface area contributed by atoms with Crippen LogP contribution in [0, 0.1) is 6.92 Å². The van der Waals surface area contributed by atoms with Crippen LogP contribution in [0.3, 0.4) is 0 Å². The van der Waals surface area contributed by atoms with Gasteiger partial charge in [0.2, 0.25) is 0 Å². The van der Waals surface area contributed by atoms with Gasteiger partial charge in [0.15, 0.2) is 4.21 Å². The van der Waals surface area contributed by atoms with Gasteiger partial charge in [0.05, 0.1) is 5.69 Å². The Morgan fingerprint density at radius 2 is 1.89 bits per heavy atom. The number of hydrogen-bond donors (Lipinski definition) is 1. The third kappa shape index (κ3) is 2.96. The van der Waals surface area contributed by atoms with E-state index in [1.54, 1.807) is 17.5 Å². The number of thiophene rings is 1. The normalized spacial score (nSPS) is 11.5. The molecule has 0 spiro atoms. The van der Waals surface area contributed by atoms with Gasteiger partial charge in [-0.15, -0.1) is 11.3 Å². The maximum atomic E-state index is 12.2. The molecule has 2 rings (SSSR count). The molecular weight excluding hydrogens is 402 g/mol. The van der Waals surface area contributed by atoms with E-state index in [1.807, 2.05) is 19.1 Å². The van der Waals surface area contributed by atoms with Crippen LogP contribution in [0.1, 0.15) is 5.56 Å². The summed E-state index contributed by atoms with van der Waals surface area (Å²) in [7, 11) is -3.55. The molecular formula is C11H9Br2NO2S2. The van der Waals surface area contributed by atoms with Gasteiger partial charge in [-0.3, -0.25) is 4.72 Å². The van der Waals surface area contributed by atoms with Crippen molar-refractivity contribution >= 4 is 58.9 Å². The van der Waals surface area contributed by atoms with Crippen molar-refractivity contribution in [3.63, 3.8) is 0 Å². The highest BCUT2D eigenvalue weighted by molar-refractivity contribution is 9.11. The highest BCUT2D eigenvalue weighted by Gasteiger charge is 2.20. The molecule has 0 saturated heterocycles. The zero-order valence-corrected chi connectivity index (χ0v) is 14.1. The number of aryl methyl sites for hydroxylation is 1. The van der Waals surface area contributed by atoms with Gasteiger partial charge >= 0.3 is 0 Å². The monoisotopic (exact) mass is 409 g/mol. The molecule has 96 valence electrons. The van der Waals surface area contributed by atoms with E-state index in [0.29, 0.717) is 14.6 Å². The number of benzene rings is 1. The van der Waals surface area contributed by atoms with E-state index in [0.717, 1.165) is 5.56 Å². The SMILES string of the molecule is Cc1ccc(Br)c(NS(=O)(=O)c2sccc2Br)c1. The molecule has 18 heavy (non-hydrogen) atoms. The fraction of sp³-hybridized carbons (Fsp3) is 0.0909. The first-order chi connectivity index (χ1) is 8.40. The van der Waals surface area contributed by atoms with E-state index >= 15 is 0 Å². The Labute approximate surface area is 127 Å². The molecule has 3 nitrogen and oxygen atoms in total. The molecule has 0 aliphatic rings. The van der Waals surface area contributed by atoms with Crippen LogP contribution in [0.2, 0.25) is 0 Å². The van der Waals surface area contributed by atoms with Crippen molar-refractivity contribution in [3.8, 4) is 0 Å². The molecule has 1 N–H and O–H groups in total. The fourth-order valence-corrected chi connectivity index (χ4v) is 5.27. The minimum Gasteiger partial charge on any atom is -0.278 e. The molecule has 0 aliphatic carbocycles. The number of anilines is 1. The van der Waals surface area contributed by atoms with Gasteiger partial charge in [0.25, 0.3) is 10.0 Å². The summed E-state index contributed by atoms with van der Waals surface area (Å²) in [6.07, 6.45) is 0. The van der Waals surface area contributed by atoms with Crippen molar-refractivity contribution in [3.05, 3.63) is 44.2 Å². The number of hydrogen-bond acceptors (Lipinski definition) is 3. The lowest BCUT2D eigenvalue weighted by molar-refractivity contribution is 0.603. The topological polar surface area (TPSA) is 46.2 Å². The molecule has 0 atom stereocenters. The summed E-state index contributed by atoms with van der Waals surface area (Å²) in [5.41, 5.74) is 1.52. The minimum absolute atomic E-state index is 0.274. The predicted molar refractivity (Wildman–Crippen MR) is 81.7 cm³/mol. The van der Waals surface area contributed by atoms with Gasteiger partial charge in [0.1, 0.15) is 0 Å². The Morgan fingerprint density at radius 3 is 2.50 bits per heavy atom. The second-order valence-corrected chi connectivity index (χ2v) is 8.15. The Kier molecular flexibility index (Phi) is 4.15. The number of rotatable bonds is 3. The van der Waals surface area contributed by atoms with E-state index < -0.39 is 10.0 Å². The van der Waals surface area contributed by atoms with Crippen LogP contribution < -0.4 is 4.72 Å². The minimum atomic E-state index is -3.55. The first-order valence-corrected chi connectivity index (χ1v) is 8.87. The van der Waals surface area contributed by atoms with E-state index in [4.69, 9.17) is 0 Å². The molecule has 0 radical (unpaired) electrons. The summed E-state index contributed by atoms with van der Waals surface area (Å²) < 4.78 is 28.5. The number of nitrogens with one attached hydrogen (secondary N) is 1. The molecule has 1 aromatic heterocycles. The summed E-state index contributed by atoms with van der Waals surface area (Å²) in [6.45, 7) is 1.91. The Balaban J connectivity index is 2.40. The van der Waals surface area contributed by atoms with Crippen LogP contribution in [0.4, 0.5) is 5.69 Å². The summed E-state index contributed by atoms with van der Waals surface area (Å²) in [5, 5.41) is 1.73. The summed E-state index contributed by atoms with van der Waals surface area (Å²) >= 11 is 7.73. The van der Waals surface area contributed by atoms with Crippen molar-refractivity contribution in [2.24, 2.45) is 0 Å². The third-order valence-corrected chi connectivity index (χ3v) is 6.92. The zero-order valence-electron chi connectivity index (χ0n) is 9.28. The third-order valence-electron chi connectivity index (χ3n) is 2.19. The van der Waals surface area contributed by atoms with Crippen molar-refractivity contribution in [2.75, 3.05) is 4.72 Å². The predicted octanol–water partition coefficient (Wildman–Crippen LogP) is 4.38. The standard InChI is InChI=1S/C11H9Br2NO2S2/c1-7-2-3-8(12)10(6-7)14-18(15,16)11-9(13)4-5-17-11/h2-6,14H,1H3. The molecule has 0 bridgehead atoms. The lowest BCUT2D eigenvalue weighted by Crippen LogP contribution is -2.12. The van der Waals surface area contributed by atoms with Gasteiger partial charge in [-0.1, -0.05) is 6.07 Å². The van der Waals surface area contributed by atoms with E-state index in [-0.39, 0.29) is 4.21 Å². The van der Waals surface area contributed by atoms with E-state index in [9.17, 15) is 8.42 Å². The van der Waals surface area contributed by atoms with Gasteiger partial charge in [-0.05, 0) is 67.9 Å². The number of sulfonamides is 1. The zero-order chi connectivity index (χ0) is 13.3. The lowest BCUT2D eigenvalue weighted by Gasteiger charge is -2.09. The fourth-order valence-electron chi connectivity index (χ4n) is 1.38. The second kappa shape index (κ2) is 5.32. The average Bonchev–Trinajstić information content (AvgIpc) is 2.70. The van der Waals surface area contributed by atoms with Crippen LogP contribution in [-0.2, 0) is 10.0 Å². The summed E-state index contributed by atoms with van der Waals surface area (Å²) in [6, 6.07) is 7.22. The molecule has 7 heteroatoms. The molecule has 1 heterocycles. The van der Waals surface area contributed by atoms with E-state index in [1.165, 1.54) is 11.3 Å². The Hall–Kier alpha value is -0.370. The Morgan fingerprint density at radius 1 is 1.17 bits per heavy atom. The van der Waals surface area contributed by atoms with Gasteiger partial charge in [-0.25, -0.2) is 8.42 Å². The maximum Gasteiger partial charge on any atom is 0.272 e. The molecule has 0 aliphatic heterocycles. The largest absolute Gasteiger partial charge is 0.278 e. The van der Waals surface area contributed by atoms with E-state index in [2.05, 4.69) is 36.6 Å². The average molecular weight is 411 g/mol. The first-order valence-electron chi connectivity index (χ1n) is 4.92. The second-order valence-electron chi connectivity index (χ2n) is 3.64. The van der Waals surface area contributed by atoms with Crippen molar-refractivity contribution in [1.29, 1.82) is 0 Å². The number of halogens is 2. The van der Waals surface area contributed by atoms with Gasteiger partial charge < -0.3 is 0 Å². The highest BCUT2D eigenvalue weighted by atomic mass is 79.9. The molecule has 0 fully saturated rings. The van der Waals surface area contributed by atoms with Gasteiger partial charge in [-0.2, -0.15) is 0 Å². The molecule has 2 aromatic rings. The maximum absolute atomic E-state index is 12.2. The van der Waals surface area contributed by atoms with Crippen molar-refractivity contribution < 1.29 is 8.42 Å². The summed E-state index contributed by atoms with van der Waals surface area (Å²) in [4.78, 5) is 0. The summed E-state index contributed by atoms with van der Waals surface area (Å²) in [5.74, 6) is 0. The van der Waals surface area contributed by atoms with Crippen LogP contribution in [0.5, 0.6) is 0 Å². The molecule has 0 amide bonds. The quantitative estimate of drug-likeness (QED) is 0.815. The smallest absolute Gasteiger partial charge is 0.272 e. The van der Waals surface area contributed by atoms with Crippen LogP contribution in [0.25, 0.3) is 0 Å². The first kappa shape index (κ1) is 14.0. The lowest BCUT2D eigenvalue weighted by atomic mass is 10.2. The van der Waals surface area contributed by atoms with Crippen LogP contribution in [0.15, 0.2) is 42.8 Å². The Bertz CT molecular complexity index is 680. The van der Waals surface area contributed by atoms with Crippen molar-refractivity contribution in [2.45, 2.75) is 11.1 Å². The molecule has 1 aromatic carbocycles. The van der Waals surface area contributed by atoms with Crippen LogP contribution in [-0.4, -0.2) is 8.42 Å². The molecule has 0 unspecified atom stereocenters. The highest BCUT2D eigenvalue weighted by Crippen LogP contribution is 2.31. The molecule has 0 saturated carbocycles. The van der Waals surface area contributed by atoms with Gasteiger partial charge in [0, 0.05) is 8.95 Å².